The number of allylic oxidation sites excluding steroid dienone is 1. The Morgan fingerprint density at radius 3 is 2.79 bits per heavy atom. The number of hydrogen-bond donors (Lipinski definition) is 1. The van der Waals surface area contributed by atoms with Gasteiger partial charge in [0.05, 0.1) is 6.54 Å². The third-order valence-corrected chi connectivity index (χ3v) is 4.19. The molecule has 0 atom stereocenters. The maximum absolute atomic E-state index is 4.32. The van der Waals surface area contributed by atoms with Gasteiger partial charge >= 0.3 is 0 Å². The van der Waals surface area contributed by atoms with E-state index in [1.165, 1.54) is 9.75 Å². The zero-order valence-corrected chi connectivity index (χ0v) is 13.1. The Balaban J connectivity index is 2.41. The van der Waals surface area contributed by atoms with Crippen LogP contribution in [0.4, 0.5) is 0 Å². The van der Waals surface area contributed by atoms with Crippen LogP contribution in [0.15, 0.2) is 29.8 Å². The molecule has 0 spiro atoms. The van der Waals surface area contributed by atoms with Gasteiger partial charge in [-0.05, 0) is 31.4 Å². The van der Waals surface area contributed by atoms with Crippen molar-refractivity contribution in [2.45, 2.75) is 32.7 Å². The Bertz CT molecular complexity index is 409. The van der Waals surface area contributed by atoms with Crippen LogP contribution in [0.3, 0.4) is 0 Å². The zero-order chi connectivity index (χ0) is 14.1. The molecule has 0 aliphatic heterocycles. The maximum Gasteiger partial charge on any atom is 0.193 e. The Morgan fingerprint density at radius 1 is 1.47 bits per heavy atom. The molecule has 106 valence electrons. The number of unbranched alkanes of at least 4 members (excludes halogenated alkanes) is 1. The van der Waals surface area contributed by atoms with Crippen molar-refractivity contribution in [1.29, 1.82) is 0 Å². The Morgan fingerprint density at radius 2 is 2.21 bits per heavy atom. The number of guanidine groups is 1. The molecule has 0 unspecified atom stereocenters. The third kappa shape index (κ3) is 5.47. The fourth-order valence-corrected chi connectivity index (χ4v) is 2.73. The predicted molar refractivity (Wildman–Crippen MR) is 86.0 cm³/mol. The summed E-state index contributed by atoms with van der Waals surface area (Å²) in [4.78, 5) is 9.28. The van der Waals surface area contributed by atoms with Gasteiger partial charge in [0.2, 0.25) is 0 Å². The highest BCUT2D eigenvalue weighted by molar-refractivity contribution is 7.11. The molecule has 1 rings (SSSR count). The minimum absolute atomic E-state index is 0.850. The van der Waals surface area contributed by atoms with Gasteiger partial charge in [-0.3, -0.25) is 4.99 Å². The van der Waals surface area contributed by atoms with Crippen molar-refractivity contribution >= 4 is 17.3 Å². The average Bonchev–Trinajstić information content (AvgIpc) is 2.88. The van der Waals surface area contributed by atoms with E-state index in [1.807, 2.05) is 24.5 Å². The summed E-state index contributed by atoms with van der Waals surface area (Å²) >= 11 is 1.87. The van der Waals surface area contributed by atoms with E-state index in [1.54, 1.807) is 0 Å². The maximum atomic E-state index is 4.32. The summed E-state index contributed by atoms with van der Waals surface area (Å²) in [5, 5.41) is 3.41. The summed E-state index contributed by atoms with van der Waals surface area (Å²) in [5.74, 6) is 0.954. The molecule has 0 aliphatic rings. The van der Waals surface area contributed by atoms with Crippen molar-refractivity contribution in [2.75, 3.05) is 20.6 Å². The largest absolute Gasteiger partial charge is 0.351 e. The first kappa shape index (κ1) is 15.8. The van der Waals surface area contributed by atoms with E-state index in [0.717, 1.165) is 38.3 Å². The van der Waals surface area contributed by atoms with Crippen molar-refractivity contribution in [3.63, 3.8) is 0 Å². The highest BCUT2D eigenvalue weighted by Crippen LogP contribution is 2.16. The minimum Gasteiger partial charge on any atom is -0.351 e. The van der Waals surface area contributed by atoms with E-state index in [0.29, 0.717) is 0 Å². The van der Waals surface area contributed by atoms with Gasteiger partial charge in [0.1, 0.15) is 0 Å². The van der Waals surface area contributed by atoms with Crippen LogP contribution in [0.5, 0.6) is 0 Å². The lowest BCUT2D eigenvalue weighted by molar-refractivity contribution is 0.470. The molecular weight excluding hydrogens is 254 g/mol. The second kappa shape index (κ2) is 8.75. The standard InChI is InChI=1S/C15H25N3S/c1-5-7-8-11-18(4)15(16-3)17-12-14-10-9-13(6-2)19-14/h5,9-10H,1,6-8,11-12H2,2-4H3,(H,16,17). The number of rotatable bonds is 7. The third-order valence-electron chi connectivity index (χ3n) is 2.96. The number of aryl methyl sites for hydroxylation is 1. The van der Waals surface area contributed by atoms with Gasteiger partial charge in [0.15, 0.2) is 5.96 Å². The molecule has 0 aromatic carbocycles. The number of aliphatic imine (C=N–C) groups is 1. The molecule has 1 aromatic heterocycles. The van der Waals surface area contributed by atoms with Crippen LogP contribution >= 0.6 is 11.3 Å². The molecular formula is C15H25N3S. The average molecular weight is 279 g/mol. The number of nitrogens with one attached hydrogen (secondary N) is 1. The highest BCUT2D eigenvalue weighted by atomic mass is 32.1. The van der Waals surface area contributed by atoms with E-state index < -0.39 is 0 Å². The van der Waals surface area contributed by atoms with Gasteiger partial charge in [-0.25, -0.2) is 0 Å². The lowest BCUT2D eigenvalue weighted by atomic mass is 10.3. The fourth-order valence-electron chi connectivity index (χ4n) is 1.84. The molecule has 0 saturated carbocycles. The second-order valence-electron chi connectivity index (χ2n) is 4.47. The molecule has 4 heteroatoms. The monoisotopic (exact) mass is 279 g/mol. The summed E-state index contributed by atoms with van der Waals surface area (Å²) in [6.07, 6.45) is 5.23. The van der Waals surface area contributed by atoms with E-state index in [2.05, 4.69) is 47.9 Å². The lowest BCUT2D eigenvalue weighted by Crippen LogP contribution is -2.38. The summed E-state index contributed by atoms with van der Waals surface area (Å²) in [7, 11) is 3.91. The Hall–Kier alpha value is -1.29. The SMILES string of the molecule is C=CCCCN(C)C(=NC)NCc1ccc(CC)s1. The van der Waals surface area contributed by atoms with Crippen molar-refractivity contribution in [3.8, 4) is 0 Å². The van der Waals surface area contributed by atoms with Crippen molar-refractivity contribution in [2.24, 2.45) is 4.99 Å². The molecule has 0 radical (unpaired) electrons. The molecule has 1 aromatic rings. The topological polar surface area (TPSA) is 27.6 Å². The van der Waals surface area contributed by atoms with Gasteiger partial charge in [-0.1, -0.05) is 13.0 Å². The Labute approximate surface area is 121 Å². The van der Waals surface area contributed by atoms with Crippen LogP contribution in [-0.2, 0) is 13.0 Å². The smallest absolute Gasteiger partial charge is 0.193 e. The van der Waals surface area contributed by atoms with Crippen LogP contribution in [-0.4, -0.2) is 31.5 Å². The number of nitrogens with zero attached hydrogens (tertiary/aromatic N) is 2. The summed E-state index contributed by atoms with van der Waals surface area (Å²) < 4.78 is 0. The lowest BCUT2D eigenvalue weighted by Gasteiger charge is -2.21. The van der Waals surface area contributed by atoms with Crippen LogP contribution in [0.2, 0.25) is 0 Å². The van der Waals surface area contributed by atoms with E-state index in [4.69, 9.17) is 0 Å². The predicted octanol–water partition coefficient (Wildman–Crippen LogP) is 3.28. The van der Waals surface area contributed by atoms with Gasteiger partial charge in [0.25, 0.3) is 0 Å². The van der Waals surface area contributed by atoms with Crippen LogP contribution in [0.25, 0.3) is 0 Å². The molecule has 0 fully saturated rings. The molecule has 1 N–H and O–H groups in total. The first-order valence-electron chi connectivity index (χ1n) is 6.81. The molecule has 0 bridgehead atoms. The highest BCUT2D eigenvalue weighted by Gasteiger charge is 2.05. The van der Waals surface area contributed by atoms with E-state index in [9.17, 15) is 0 Å². The quantitative estimate of drug-likeness (QED) is 0.359. The molecule has 0 saturated heterocycles. The first-order valence-corrected chi connectivity index (χ1v) is 7.63. The molecule has 0 aliphatic carbocycles. The number of hydrogen-bond acceptors (Lipinski definition) is 2. The van der Waals surface area contributed by atoms with E-state index >= 15 is 0 Å². The van der Waals surface area contributed by atoms with Gasteiger partial charge in [-0.2, -0.15) is 0 Å². The van der Waals surface area contributed by atoms with Crippen molar-refractivity contribution in [3.05, 3.63) is 34.5 Å². The Kier molecular flexibility index (Phi) is 7.26. The van der Waals surface area contributed by atoms with E-state index in [-0.39, 0.29) is 0 Å². The summed E-state index contributed by atoms with van der Waals surface area (Å²) in [6.45, 7) is 7.78. The minimum atomic E-state index is 0.850. The molecule has 0 amide bonds. The summed E-state index contributed by atoms with van der Waals surface area (Å²) in [6, 6.07) is 4.40. The van der Waals surface area contributed by atoms with Gasteiger partial charge in [0, 0.05) is 30.4 Å². The molecule has 1 heterocycles. The zero-order valence-electron chi connectivity index (χ0n) is 12.3. The van der Waals surface area contributed by atoms with Gasteiger partial charge < -0.3 is 10.2 Å². The fraction of sp³-hybridized carbons (Fsp3) is 0.533. The van der Waals surface area contributed by atoms with Crippen molar-refractivity contribution < 1.29 is 0 Å². The van der Waals surface area contributed by atoms with Crippen molar-refractivity contribution in [1.82, 2.24) is 10.2 Å². The number of thiophene rings is 1. The normalized spacial score (nSPS) is 11.4. The van der Waals surface area contributed by atoms with Crippen LogP contribution < -0.4 is 5.32 Å². The second-order valence-corrected chi connectivity index (χ2v) is 5.73. The van der Waals surface area contributed by atoms with Crippen LogP contribution in [0, 0.1) is 0 Å². The van der Waals surface area contributed by atoms with Gasteiger partial charge in [-0.15, -0.1) is 17.9 Å². The summed E-state index contributed by atoms with van der Waals surface area (Å²) in [5.41, 5.74) is 0. The molecule has 3 nitrogen and oxygen atoms in total. The molecule has 19 heavy (non-hydrogen) atoms. The van der Waals surface area contributed by atoms with Crippen LogP contribution in [0.1, 0.15) is 29.5 Å². The first-order chi connectivity index (χ1) is 9.21.